The van der Waals surface area contributed by atoms with Gasteiger partial charge in [-0.1, -0.05) is 19.9 Å². The summed E-state index contributed by atoms with van der Waals surface area (Å²) in [4.78, 5) is 8.53. The first-order valence-corrected chi connectivity index (χ1v) is 6.29. The minimum Gasteiger partial charge on any atom is -0.329 e. The largest absolute Gasteiger partial charge is 0.329 e. The zero-order chi connectivity index (χ0) is 13.0. The zero-order valence-electron chi connectivity index (χ0n) is 11.2. The Balaban J connectivity index is 2.05. The maximum Gasteiger partial charge on any atom is 0.0951 e. The molecule has 0 unspecified atom stereocenters. The highest BCUT2D eigenvalue weighted by atomic mass is 15.1. The molecule has 0 aliphatic rings. The van der Waals surface area contributed by atoms with E-state index in [4.69, 9.17) is 0 Å². The molecule has 0 aliphatic carbocycles. The number of nitrogens with zero attached hydrogens (tertiary/aromatic N) is 3. The van der Waals surface area contributed by atoms with Gasteiger partial charge in [-0.3, -0.25) is 4.98 Å². The summed E-state index contributed by atoms with van der Waals surface area (Å²) < 4.78 is 2.15. The van der Waals surface area contributed by atoms with E-state index in [-0.39, 0.29) is 0 Å². The van der Waals surface area contributed by atoms with Crippen molar-refractivity contribution in [1.29, 1.82) is 0 Å². The molecular formula is C14H20N4. The van der Waals surface area contributed by atoms with E-state index in [9.17, 15) is 0 Å². The molecule has 2 aromatic rings. The second-order valence-corrected chi connectivity index (χ2v) is 4.86. The molecule has 2 aromatic heterocycles. The first-order valence-electron chi connectivity index (χ1n) is 6.29. The Kier molecular flexibility index (Phi) is 4.10. The Bertz CT molecular complexity index is 485. The van der Waals surface area contributed by atoms with Gasteiger partial charge in [-0.15, -0.1) is 0 Å². The van der Waals surface area contributed by atoms with Crippen molar-refractivity contribution in [2.45, 2.75) is 39.9 Å². The second kappa shape index (κ2) is 5.78. The van der Waals surface area contributed by atoms with Gasteiger partial charge in [0.25, 0.3) is 0 Å². The minimum atomic E-state index is 0.481. The number of rotatable bonds is 5. The fraction of sp³-hybridized carbons (Fsp3) is 0.429. The Labute approximate surface area is 108 Å². The van der Waals surface area contributed by atoms with Crippen molar-refractivity contribution in [3.8, 4) is 0 Å². The highest BCUT2D eigenvalue weighted by Crippen LogP contribution is 2.06. The molecule has 0 saturated heterocycles. The molecule has 96 valence electrons. The standard InChI is InChI=1S/C14H20N4/c1-11(2)16-8-14-7-15-10-18(14)9-13-5-4-12(3)17-6-13/h4-7,10-11,16H,8-9H2,1-3H3. The van der Waals surface area contributed by atoms with Crippen LogP contribution in [0, 0.1) is 6.92 Å². The molecule has 0 aromatic carbocycles. The summed E-state index contributed by atoms with van der Waals surface area (Å²) in [6, 6.07) is 4.63. The van der Waals surface area contributed by atoms with Crippen LogP contribution in [-0.4, -0.2) is 20.6 Å². The first kappa shape index (κ1) is 12.8. The molecule has 0 radical (unpaired) electrons. The SMILES string of the molecule is Cc1ccc(Cn2cncc2CNC(C)C)cn1. The normalized spacial score (nSPS) is 11.1. The molecule has 0 atom stereocenters. The molecule has 18 heavy (non-hydrogen) atoms. The second-order valence-electron chi connectivity index (χ2n) is 4.86. The Morgan fingerprint density at radius 2 is 2.11 bits per heavy atom. The van der Waals surface area contributed by atoms with Gasteiger partial charge in [0, 0.05) is 30.7 Å². The van der Waals surface area contributed by atoms with Gasteiger partial charge >= 0.3 is 0 Å². The molecule has 0 spiro atoms. The lowest BCUT2D eigenvalue weighted by Gasteiger charge is -2.11. The number of nitrogens with one attached hydrogen (secondary N) is 1. The number of pyridine rings is 1. The quantitative estimate of drug-likeness (QED) is 0.876. The summed E-state index contributed by atoms with van der Waals surface area (Å²) >= 11 is 0. The molecule has 0 amide bonds. The van der Waals surface area contributed by atoms with Crippen LogP contribution in [0.1, 0.15) is 30.8 Å². The third-order valence-electron chi connectivity index (χ3n) is 2.82. The molecule has 4 heteroatoms. The Hall–Kier alpha value is -1.68. The van der Waals surface area contributed by atoms with E-state index >= 15 is 0 Å². The lowest BCUT2D eigenvalue weighted by molar-refractivity contribution is 0.564. The van der Waals surface area contributed by atoms with E-state index in [1.54, 1.807) is 0 Å². The van der Waals surface area contributed by atoms with Crippen LogP contribution in [0.25, 0.3) is 0 Å². The van der Waals surface area contributed by atoms with Gasteiger partial charge in [0.1, 0.15) is 0 Å². The third kappa shape index (κ3) is 3.40. The van der Waals surface area contributed by atoms with E-state index in [1.807, 2.05) is 31.7 Å². The van der Waals surface area contributed by atoms with Crippen molar-refractivity contribution < 1.29 is 0 Å². The summed E-state index contributed by atoms with van der Waals surface area (Å²) in [7, 11) is 0. The maximum absolute atomic E-state index is 4.31. The number of aryl methyl sites for hydroxylation is 1. The van der Waals surface area contributed by atoms with Crippen LogP contribution in [-0.2, 0) is 13.1 Å². The molecule has 0 aliphatic heterocycles. The topological polar surface area (TPSA) is 42.7 Å². The van der Waals surface area contributed by atoms with Gasteiger partial charge in [-0.2, -0.15) is 0 Å². The van der Waals surface area contributed by atoms with Crippen LogP contribution in [0.3, 0.4) is 0 Å². The molecule has 2 rings (SSSR count). The average Bonchev–Trinajstić information content (AvgIpc) is 2.77. The average molecular weight is 244 g/mol. The first-order chi connectivity index (χ1) is 8.65. The molecule has 1 N–H and O–H groups in total. The van der Waals surface area contributed by atoms with Crippen LogP contribution in [0.5, 0.6) is 0 Å². The lowest BCUT2D eigenvalue weighted by Crippen LogP contribution is -2.23. The summed E-state index contributed by atoms with van der Waals surface area (Å²) in [5.74, 6) is 0. The fourth-order valence-corrected chi connectivity index (χ4v) is 1.74. The third-order valence-corrected chi connectivity index (χ3v) is 2.82. The molecule has 4 nitrogen and oxygen atoms in total. The highest BCUT2D eigenvalue weighted by Gasteiger charge is 2.03. The Morgan fingerprint density at radius 3 is 2.78 bits per heavy atom. The maximum atomic E-state index is 4.31. The highest BCUT2D eigenvalue weighted by molar-refractivity contribution is 5.14. The van der Waals surface area contributed by atoms with Crippen LogP contribution in [0.2, 0.25) is 0 Å². The summed E-state index contributed by atoms with van der Waals surface area (Å²) in [6.45, 7) is 7.95. The monoisotopic (exact) mass is 244 g/mol. The van der Waals surface area contributed by atoms with E-state index < -0.39 is 0 Å². The molecule has 2 heterocycles. The van der Waals surface area contributed by atoms with Crippen molar-refractivity contribution in [3.05, 3.63) is 47.8 Å². The molecule has 0 saturated carbocycles. The fourth-order valence-electron chi connectivity index (χ4n) is 1.74. The zero-order valence-corrected chi connectivity index (χ0v) is 11.2. The van der Waals surface area contributed by atoms with Crippen molar-refractivity contribution in [2.24, 2.45) is 0 Å². The lowest BCUT2D eigenvalue weighted by atomic mass is 10.2. The van der Waals surface area contributed by atoms with Crippen LogP contribution < -0.4 is 5.32 Å². The number of imidazole rings is 1. The van der Waals surface area contributed by atoms with Gasteiger partial charge < -0.3 is 9.88 Å². The van der Waals surface area contributed by atoms with Gasteiger partial charge in [-0.05, 0) is 18.6 Å². The number of hydrogen-bond acceptors (Lipinski definition) is 3. The van der Waals surface area contributed by atoms with E-state index in [2.05, 4.69) is 39.8 Å². The van der Waals surface area contributed by atoms with Gasteiger partial charge in [0.2, 0.25) is 0 Å². The van der Waals surface area contributed by atoms with E-state index in [1.165, 1.54) is 11.3 Å². The smallest absolute Gasteiger partial charge is 0.0951 e. The van der Waals surface area contributed by atoms with Crippen molar-refractivity contribution >= 4 is 0 Å². The van der Waals surface area contributed by atoms with E-state index in [0.29, 0.717) is 6.04 Å². The number of aromatic nitrogens is 3. The van der Waals surface area contributed by atoms with Crippen molar-refractivity contribution in [1.82, 2.24) is 19.9 Å². The van der Waals surface area contributed by atoms with Gasteiger partial charge in [0.05, 0.1) is 18.6 Å². The molecule has 0 fully saturated rings. The summed E-state index contributed by atoms with van der Waals surface area (Å²) in [6.07, 6.45) is 5.71. The van der Waals surface area contributed by atoms with Gasteiger partial charge in [-0.25, -0.2) is 4.98 Å². The number of hydrogen-bond donors (Lipinski definition) is 1. The molecular weight excluding hydrogens is 224 g/mol. The summed E-state index contributed by atoms with van der Waals surface area (Å²) in [5, 5.41) is 3.41. The predicted octanol–water partition coefficient (Wildman–Crippen LogP) is 2.13. The van der Waals surface area contributed by atoms with Crippen molar-refractivity contribution in [2.75, 3.05) is 0 Å². The predicted molar refractivity (Wildman–Crippen MR) is 72.3 cm³/mol. The Morgan fingerprint density at radius 1 is 1.28 bits per heavy atom. The summed E-state index contributed by atoms with van der Waals surface area (Å²) in [5.41, 5.74) is 3.44. The van der Waals surface area contributed by atoms with Crippen LogP contribution in [0.15, 0.2) is 30.9 Å². The van der Waals surface area contributed by atoms with Gasteiger partial charge in [0.15, 0.2) is 0 Å². The minimum absolute atomic E-state index is 0.481. The van der Waals surface area contributed by atoms with Crippen molar-refractivity contribution in [3.63, 3.8) is 0 Å². The van der Waals surface area contributed by atoms with Crippen LogP contribution >= 0.6 is 0 Å². The molecule has 0 bridgehead atoms. The van der Waals surface area contributed by atoms with Crippen LogP contribution in [0.4, 0.5) is 0 Å². The van der Waals surface area contributed by atoms with E-state index in [0.717, 1.165) is 18.8 Å².